The molecule has 2 heteroatoms. The lowest BCUT2D eigenvalue weighted by atomic mass is 10.0. The Morgan fingerprint density at radius 1 is 0.950 bits per heavy atom. The molecule has 0 amide bonds. The Bertz CT molecular complexity index is 551. The van der Waals surface area contributed by atoms with Crippen molar-refractivity contribution in [3.8, 4) is 11.5 Å². The quantitative estimate of drug-likeness (QED) is 0.847. The standard InChI is InChI=1S/C18H23NO/c1-3-14-7-5-9-17(12-14)20-18-10-6-8-15(13-18)11-16(19)4-2/h5-10,12-13,16H,3-4,11,19H2,1-2H3. The fraction of sp³-hybridized carbons (Fsp3) is 0.333. The van der Waals surface area contributed by atoms with Crippen molar-refractivity contribution >= 4 is 0 Å². The van der Waals surface area contributed by atoms with E-state index >= 15 is 0 Å². The number of aryl methyl sites for hydroxylation is 1. The van der Waals surface area contributed by atoms with Crippen molar-refractivity contribution < 1.29 is 4.74 Å². The molecular weight excluding hydrogens is 246 g/mol. The van der Waals surface area contributed by atoms with E-state index in [1.807, 2.05) is 24.3 Å². The summed E-state index contributed by atoms with van der Waals surface area (Å²) >= 11 is 0. The van der Waals surface area contributed by atoms with Gasteiger partial charge in [0.2, 0.25) is 0 Å². The first-order valence-electron chi connectivity index (χ1n) is 7.32. The van der Waals surface area contributed by atoms with Gasteiger partial charge in [0, 0.05) is 6.04 Å². The van der Waals surface area contributed by atoms with Gasteiger partial charge in [-0.1, -0.05) is 38.1 Å². The third-order valence-corrected chi connectivity index (χ3v) is 3.46. The van der Waals surface area contributed by atoms with E-state index in [0.29, 0.717) is 0 Å². The SMILES string of the molecule is CCc1cccc(Oc2cccc(CC(N)CC)c2)c1. The van der Waals surface area contributed by atoms with Crippen molar-refractivity contribution in [2.45, 2.75) is 39.2 Å². The minimum Gasteiger partial charge on any atom is -0.457 e. The van der Waals surface area contributed by atoms with Gasteiger partial charge in [-0.2, -0.15) is 0 Å². The second kappa shape index (κ2) is 7.11. The smallest absolute Gasteiger partial charge is 0.127 e. The minimum absolute atomic E-state index is 0.216. The van der Waals surface area contributed by atoms with E-state index in [1.54, 1.807) is 0 Å². The van der Waals surface area contributed by atoms with Gasteiger partial charge in [-0.25, -0.2) is 0 Å². The fourth-order valence-electron chi connectivity index (χ4n) is 2.15. The Morgan fingerprint density at radius 2 is 1.55 bits per heavy atom. The van der Waals surface area contributed by atoms with Crippen molar-refractivity contribution in [1.82, 2.24) is 0 Å². The molecule has 2 rings (SSSR count). The molecule has 0 saturated carbocycles. The molecule has 0 bridgehead atoms. The normalized spacial score (nSPS) is 12.2. The molecule has 0 fully saturated rings. The fourth-order valence-corrected chi connectivity index (χ4v) is 2.15. The Balaban J connectivity index is 2.10. The highest BCUT2D eigenvalue weighted by Crippen LogP contribution is 2.23. The van der Waals surface area contributed by atoms with Crippen molar-refractivity contribution in [3.63, 3.8) is 0 Å². The van der Waals surface area contributed by atoms with E-state index in [4.69, 9.17) is 10.5 Å². The number of nitrogens with two attached hydrogens (primary N) is 1. The van der Waals surface area contributed by atoms with Crippen LogP contribution in [0.25, 0.3) is 0 Å². The Morgan fingerprint density at radius 3 is 2.15 bits per heavy atom. The predicted molar refractivity (Wildman–Crippen MR) is 84.3 cm³/mol. The third kappa shape index (κ3) is 4.10. The average Bonchev–Trinajstić information content (AvgIpc) is 2.47. The maximum atomic E-state index is 6.00. The molecule has 0 aliphatic carbocycles. The predicted octanol–water partition coefficient (Wildman–Crippen LogP) is 4.32. The van der Waals surface area contributed by atoms with Gasteiger partial charge in [0.05, 0.1) is 0 Å². The van der Waals surface area contributed by atoms with Crippen molar-refractivity contribution in [3.05, 3.63) is 59.7 Å². The zero-order valence-corrected chi connectivity index (χ0v) is 12.3. The highest BCUT2D eigenvalue weighted by Gasteiger charge is 2.04. The van der Waals surface area contributed by atoms with Gasteiger partial charge in [0.15, 0.2) is 0 Å². The molecule has 2 aromatic rings. The first kappa shape index (κ1) is 14.6. The van der Waals surface area contributed by atoms with Crippen LogP contribution in [0.4, 0.5) is 0 Å². The van der Waals surface area contributed by atoms with Crippen LogP contribution in [0.2, 0.25) is 0 Å². The van der Waals surface area contributed by atoms with E-state index < -0.39 is 0 Å². The molecule has 2 nitrogen and oxygen atoms in total. The zero-order valence-electron chi connectivity index (χ0n) is 12.3. The zero-order chi connectivity index (χ0) is 14.4. The number of hydrogen-bond acceptors (Lipinski definition) is 2. The maximum Gasteiger partial charge on any atom is 0.127 e. The Kier molecular flexibility index (Phi) is 5.19. The van der Waals surface area contributed by atoms with Gasteiger partial charge in [-0.3, -0.25) is 0 Å². The second-order valence-corrected chi connectivity index (χ2v) is 5.12. The van der Waals surface area contributed by atoms with Gasteiger partial charge in [-0.15, -0.1) is 0 Å². The van der Waals surface area contributed by atoms with Crippen LogP contribution < -0.4 is 10.5 Å². The lowest BCUT2D eigenvalue weighted by molar-refractivity contribution is 0.481. The Hall–Kier alpha value is -1.80. The van der Waals surface area contributed by atoms with Crippen LogP contribution in [0.5, 0.6) is 11.5 Å². The molecule has 0 aliphatic rings. The summed E-state index contributed by atoms with van der Waals surface area (Å²) in [6.07, 6.45) is 2.90. The highest BCUT2D eigenvalue weighted by molar-refractivity contribution is 5.36. The van der Waals surface area contributed by atoms with Crippen LogP contribution in [-0.2, 0) is 12.8 Å². The Labute approximate surface area is 121 Å². The van der Waals surface area contributed by atoms with Crippen LogP contribution in [0.15, 0.2) is 48.5 Å². The van der Waals surface area contributed by atoms with E-state index in [2.05, 4.69) is 38.1 Å². The van der Waals surface area contributed by atoms with Gasteiger partial charge < -0.3 is 10.5 Å². The summed E-state index contributed by atoms with van der Waals surface area (Å²) in [4.78, 5) is 0. The molecule has 0 saturated heterocycles. The van der Waals surface area contributed by atoms with Gasteiger partial charge in [0.1, 0.15) is 11.5 Å². The molecule has 1 unspecified atom stereocenters. The molecule has 1 atom stereocenters. The van der Waals surface area contributed by atoms with Crippen LogP contribution in [0.3, 0.4) is 0 Å². The molecular formula is C18H23NO. The van der Waals surface area contributed by atoms with E-state index in [9.17, 15) is 0 Å². The van der Waals surface area contributed by atoms with Crippen molar-refractivity contribution in [1.29, 1.82) is 0 Å². The topological polar surface area (TPSA) is 35.2 Å². The molecule has 0 aromatic heterocycles. The lowest BCUT2D eigenvalue weighted by Gasteiger charge is -2.11. The van der Waals surface area contributed by atoms with Crippen molar-refractivity contribution in [2.75, 3.05) is 0 Å². The number of benzene rings is 2. The minimum atomic E-state index is 0.216. The largest absolute Gasteiger partial charge is 0.457 e. The van der Waals surface area contributed by atoms with Crippen LogP contribution in [0.1, 0.15) is 31.4 Å². The molecule has 0 aliphatic heterocycles. The molecule has 0 spiro atoms. The first-order chi connectivity index (χ1) is 9.71. The summed E-state index contributed by atoms with van der Waals surface area (Å²) in [5, 5.41) is 0. The summed E-state index contributed by atoms with van der Waals surface area (Å²) in [6.45, 7) is 4.26. The summed E-state index contributed by atoms with van der Waals surface area (Å²) in [5.41, 5.74) is 8.51. The summed E-state index contributed by atoms with van der Waals surface area (Å²) < 4.78 is 5.94. The maximum absolute atomic E-state index is 6.00. The molecule has 0 radical (unpaired) electrons. The lowest BCUT2D eigenvalue weighted by Crippen LogP contribution is -2.21. The van der Waals surface area contributed by atoms with Crippen molar-refractivity contribution in [2.24, 2.45) is 5.73 Å². The van der Waals surface area contributed by atoms with Crippen LogP contribution >= 0.6 is 0 Å². The van der Waals surface area contributed by atoms with E-state index in [-0.39, 0.29) is 6.04 Å². The number of rotatable bonds is 6. The van der Waals surface area contributed by atoms with E-state index in [1.165, 1.54) is 11.1 Å². The summed E-state index contributed by atoms with van der Waals surface area (Å²) in [6, 6.07) is 16.6. The van der Waals surface area contributed by atoms with Gasteiger partial charge in [-0.05, 0) is 54.7 Å². The van der Waals surface area contributed by atoms with Gasteiger partial charge in [0.25, 0.3) is 0 Å². The highest BCUT2D eigenvalue weighted by atomic mass is 16.5. The monoisotopic (exact) mass is 269 g/mol. The number of hydrogen-bond donors (Lipinski definition) is 1. The number of ether oxygens (including phenoxy) is 1. The summed E-state index contributed by atoms with van der Waals surface area (Å²) in [5.74, 6) is 1.76. The molecule has 106 valence electrons. The average molecular weight is 269 g/mol. The molecule has 2 N–H and O–H groups in total. The summed E-state index contributed by atoms with van der Waals surface area (Å²) in [7, 11) is 0. The third-order valence-electron chi connectivity index (χ3n) is 3.46. The molecule has 0 heterocycles. The first-order valence-corrected chi connectivity index (χ1v) is 7.32. The van der Waals surface area contributed by atoms with Crippen LogP contribution in [0, 0.1) is 0 Å². The second-order valence-electron chi connectivity index (χ2n) is 5.12. The van der Waals surface area contributed by atoms with Gasteiger partial charge >= 0.3 is 0 Å². The van der Waals surface area contributed by atoms with E-state index in [0.717, 1.165) is 30.8 Å². The molecule has 2 aromatic carbocycles. The molecule has 20 heavy (non-hydrogen) atoms. The van der Waals surface area contributed by atoms with Crippen LogP contribution in [-0.4, -0.2) is 6.04 Å².